The van der Waals surface area contributed by atoms with E-state index in [4.69, 9.17) is 0 Å². The molecule has 0 radical (unpaired) electrons. The topological polar surface area (TPSA) is 29.5 Å². The number of rotatable bonds is 6. The van der Waals surface area contributed by atoms with Crippen LogP contribution in [0.2, 0.25) is 0 Å². The van der Waals surface area contributed by atoms with Gasteiger partial charge in [0.15, 0.2) is 0 Å². The number of hydrogen-bond acceptors (Lipinski definition) is 3. The molecule has 0 aliphatic rings. The van der Waals surface area contributed by atoms with Crippen molar-refractivity contribution < 1.29 is 9.53 Å². The summed E-state index contributed by atoms with van der Waals surface area (Å²) in [6.45, 7) is 7.21. The molecule has 0 bridgehead atoms. The molecule has 0 aromatic heterocycles. The summed E-state index contributed by atoms with van der Waals surface area (Å²) in [6, 6.07) is 8.85. The highest BCUT2D eigenvalue weighted by atomic mass is 16.5. The van der Waals surface area contributed by atoms with Gasteiger partial charge in [0.1, 0.15) is 0 Å². The second-order valence-corrected chi connectivity index (χ2v) is 5.04. The summed E-state index contributed by atoms with van der Waals surface area (Å²) in [4.78, 5) is 11.3. The molecule has 0 spiro atoms. The molecule has 0 aliphatic carbocycles. The summed E-state index contributed by atoms with van der Waals surface area (Å²) in [5, 5.41) is 0. The first-order valence-corrected chi connectivity index (χ1v) is 6.82. The van der Waals surface area contributed by atoms with Crippen LogP contribution in [-0.4, -0.2) is 27.2 Å². The minimum absolute atomic E-state index is 0.431. The van der Waals surface area contributed by atoms with E-state index in [9.17, 15) is 4.79 Å². The second-order valence-electron chi connectivity index (χ2n) is 5.04. The summed E-state index contributed by atoms with van der Waals surface area (Å²) in [7, 11) is 4.15. The van der Waals surface area contributed by atoms with E-state index in [2.05, 4.69) is 61.8 Å². The zero-order valence-electron chi connectivity index (χ0n) is 12.8. The van der Waals surface area contributed by atoms with E-state index in [1.807, 2.05) is 0 Å². The lowest BCUT2D eigenvalue weighted by Crippen LogP contribution is -2.08. The zero-order valence-corrected chi connectivity index (χ0v) is 12.8. The van der Waals surface area contributed by atoms with Gasteiger partial charge in [0.2, 0.25) is 0 Å². The van der Waals surface area contributed by atoms with Gasteiger partial charge in [-0.2, -0.15) is 0 Å². The standard InChI is InChI=1S/C13H21N.C3H6O2/c1-11(2)5-6-12-7-9-13(10-8-12)14(3)4;1-2-5-3-4/h7-11H,5-6H2,1-4H3;3H,2H2,1H3. The molecular weight excluding hydrogens is 238 g/mol. The third kappa shape index (κ3) is 9.11. The summed E-state index contributed by atoms with van der Waals surface area (Å²) >= 11 is 0. The lowest BCUT2D eigenvalue weighted by molar-refractivity contribution is -0.128. The second kappa shape index (κ2) is 10.4. The first-order chi connectivity index (χ1) is 9.01. The van der Waals surface area contributed by atoms with Crippen molar-refractivity contribution in [1.29, 1.82) is 0 Å². The van der Waals surface area contributed by atoms with Crippen LogP contribution in [0, 0.1) is 5.92 Å². The van der Waals surface area contributed by atoms with Crippen LogP contribution in [0.3, 0.4) is 0 Å². The van der Waals surface area contributed by atoms with Crippen molar-refractivity contribution in [2.24, 2.45) is 5.92 Å². The number of ether oxygens (including phenoxy) is 1. The molecule has 1 aromatic carbocycles. The Morgan fingerprint density at radius 2 is 1.79 bits per heavy atom. The van der Waals surface area contributed by atoms with Gasteiger partial charge in [0.05, 0.1) is 6.61 Å². The Labute approximate surface area is 117 Å². The van der Waals surface area contributed by atoms with Gasteiger partial charge in [-0.1, -0.05) is 26.0 Å². The van der Waals surface area contributed by atoms with Gasteiger partial charge in [-0.05, 0) is 43.4 Å². The Hall–Kier alpha value is -1.51. The first-order valence-electron chi connectivity index (χ1n) is 6.82. The number of anilines is 1. The van der Waals surface area contributed by atoms with E-state index in [1.165, 1.54) is 24.1 Å². The van der Waals surface area contributed by atoms with E-state index in [0.29, 0.717) is 13.1 Å². The predicted molar refractivity (Wildman–Crippen MR) is 81.6 cm³/mol. The molecule has 0 atom stereocenters. The molecule has 0 N–H and O–H groups in total. The van der Waals surface area contributed by atoms with Crippen LogP contribution in [-0.2, 0) is 16.0 Å². The average Bonchev–Trinajstić information content (AvgIpc) is 2.38. The van der Waals surface area contributed by atoms with Crippen LogP contribution in [0.1, 0.15) is 32.8 Å². The van der Waals surface area contributed by atoms with Gasteiger partial charge in [0, 0.05) is 19.8 Å². The SMILES string of the molecule is CC(C)CCc1ccc(N(C)C)cc1.CCOC=O. The van der Waals surface area contributed by atoms with Crippen LogP contribution < -0.4 is 4.90 Å². The smallest absolute Gasteiger partial charge is 0.293 e. The number of nitrogens with zero attached hydrogens (tertiary/aromatic N) is 1. The molecule has 1 aromatic rings. The highest BCUT2D eigenvalue weighted by molar-refractivity contribution is 5.45. The van der Waals surface area contributed by atoms with Crippen molar-refractivity contribution in [2.45, 2.75) is 33.6 Å². The number of carbonyl (C=O) groups excluding carboxylic acids is 1. The van der Waals surface area contributed by atoms with Crippen molar-refractivity contribution in [2.75, 3.05) is 25.6 Å². The monoisotopic (exact) mass is 265 g/mol. The molecule has 19 heavy (non-hydrogen) atoms. The summed E-state index contributed by atoms with van der Waals surface area (Å²) < 4.78 is 4.15. The van der Waals surface area contributed by atoms with Gasteiger partial charge < -0.3 is 9.64 Å². The van der Waals surface area contributed by atoms with E-state index >= 15 is 0 Å². The molecule has 0 unspecified atom stereocenters. The quantitative estimate of drug-likeness (QED) is 0.737. The number of benzene rings is 1. The van der Waals surface area contributed by atoms with Crippen LogP contribution >= 0.6 is 0 Å². The van der Waals surface area contributed by atoms with Crippen molar-refractivity contribution in [3.63, 3.8) is 0 Å². The molecule has 0 saturated carbocycles. The molecule has 0 fully saturated rings. The van der Waals surface area contributed by atoms with Gasteiger partial charge in [-0.15, -0.1) is 0 Å². The minimum atomic E-state index is 0.431. The third-order valence-electron chi connectivity index (χ3n) is 2.70. The molecular formula is C16H27NO2. The maximum absolute atomic E-state index is 9.18. The highest BCUT2D eigenvalue weighted by Crippen LogP contribution is 2.14. The fourth-order valence-electron chi connectivity index (χ4n) is 1.48. The number of aryl methyl sites for hydroxylation is 1. The van der Waals surface area contributed by atoms with Gasteiger partial charge in [0.25, 0.3) is 6.47 Å². The maximum atomic E-state index is 9.18. The van der Waals surface area contributed by atoms with Crippen LogP contribution in [0.5, 0.6) is 0 Å². The fourth-order valence-corrected chi connectivity index (χ4v) is 1.48. The van der Waals surface area contributed by atoms with Crippen LogP contribution in [0.15, 0.2) is 24.3 Å². The lowest BCUT2D eigenvalue weighted by atomic mass is 10.0. The molecule has 1 rings (SSSR count). The first kappa shape index (κ1) is 17.5. The third-order valence-corrected chi connectivity index (χ3v) is 2.70. The molecule has 108 valence electrons. The van der Waals surface area contributed by atoms with Gasteiger partial charge in [-0.25, -0.2) is 0 Å². The Kier molecular flexibility index (Phi) is 9.59. The Morgan fingerprint density at radius 1 is 1.21 bits per heavy atom. The zero-order chi connectivity index (χ0) is 14.7. The van der Waals surface area contributed by atoms with E-state index in [1.54, 1.807) is 6.92 Å². The normalized spacial score (nSPS) is 9.58. The van der Waals surface area contributed by atoms with E-state index < -0.39 is 0 Å². The maximum Gasteiger partial charge on any atom is 0.293 e. The van der Waals surface area contributed by atoms with Crippen LogP contribution in [0.25, 0.3) is 0 Å². The van der Waals surface area contributed by atoms with E-state index in [0.717, 1.165) is 5.92 Å². The Balaban J connectivity index is 0.000000555. The predicted octanol–water partition coefficient (Wildman–Crippen LogP) is 3.52. The van der Waals surface area contributed by atoms with Crippen LogP contribution in [0.4, 0.5) is 5.69 Å². The lowest BCUT2D eigenvalue weighted by Gasteiger charge is -2.12. The van der Waals surface area contributed by atoms with E-state index in [-0.39, 0.29) is 0 Å². The number of carbonyl (C=O) groups is 1. The summed E-state index contributed by atoms with van der Waals surface area (Å²) in [6.07, 6.45) is 2.48. The summed E-state index contributed by atoms with van der Waals surface area (Å²) in [5.74, 6) is 0.795. The van der Waals surface area contributed by atoms with Gasteiger partial charge in [-0.3, -0.25) is 4.79 Å². The molecule has 0 saturated heterocycles. The summed E-state index contributed by atoms with van der Waals surface area (Å²) in [5.41, 5.74) is 2.72. The number of hydrogen-bond donors (Lipinski definition) is 0. The fraction of sp³-hybridized carbons (Fsp3) is 0.562. The Bertz CT molecular complexity index is 331. The van der Waals surface area contributed by atoms with Crippen molar-refractivity contribution >= 4 is 12.2 Å². The van der Waals surface area contributed by atoms with Gasteiger partial charge >= 0.3 is 0 Å². The minimum Gasteiger partial charge on any atom is -0.468 e. The Morgan fingerprint density at radius 3 is 2.11 bits per heavy atom. The highest BCUT2D eigenvalue weighted by Gasteiger charge is 1.98. The molecule has 0 aliphatic heterocycles. The average molecular weight is 265 g/mol. The molecule has 0 heterocycles. The van der Waals surface area contributed by atoms with Crippen molar-refractivity contribution in [1.82, 2.24) is 0 Å². The largest absolute Gasteiger partial charge is 0.468 e. The molecule has 3 heteroatoms. The molecule has 3 nitrogen and oxygen atoms in total. The van der Waals surface area contributed by atoms with Crippen molar-refractivity contribution in [3.05, 3.63) is 29.8 Å². The molecule has 0 amide bonds. The van der Waals surface area contributed by atoms with Crippen molar-refractivity contribution in [3.8, 4) is 0 Å².